The summed E-state index contributed by atoms with van der Waals surface area (Å²) in [5.41, 5.74) is 1.14. The van der Waals surface area contributed by atoms with E-state index in [4.69, 9.17) is 10.6 Å². The number of hydrazine groups is 1. The first kappa shape index (κ1) is 12.0. The molecule has 1 atom stereocenters. The fraction of sp³-hybridized carbons (Fsp3) is 0.455. The zero-order valence-electron chi connectivity index (χ0n) is 9.18. The molecule has 0 fully saturated rings. The lowest BCUT2D eigenvalue weighted by Gasteiger charge is -2.16. The molecule has 0 aliphatic carbocycles. The number of nitrogens with two attached hydrogens (primary N) is 1. The minimum Gasteiger partial charge on any atom is -0.491 e. The molecule has 0 bridgehead atoms. The zero-order valence-corrected chi connectivity index (χ0v) is 9.18. The van der Waals surface area contributed by atoms with E-state index in [1.54, 1.807) is 7.05 Å². The largest absolute Gasteiger partial charge is 0.491 e. The molecule has 3 N–H and O–H groups in total. The molecule has 0 amide bonds. The van der Waals surface area contributed by atoms with Gasteiger partial charge >= 0.3 is 0 Å². The standard InChI is InChI=1S/C11H18N2O2/c1-9-4-3-5-11(6-9)15-8-10(14)7-13(2)12/h3-6,10,14H,7-8,12H2,1-2H3. The fourth-order valence-corrected chi connectivity index (χ4v) is 1.28. The minimum atomic E-state index is -0.569. The number of likely N-dealkylation sites (N-methyl/N-ethyl adjacent to an activating group) is 1. The van der Waals surface area contributed by atoms with Gasteiger partial charge in [-0.25, -0.2) is 5.01 Å². The van der Waals surface area contributed by atoms with Gasteiger partial charge in [-0.05, 0) is 24.6 Å². The van der Waals surface area contributed by atoms with Crippen LogP contribution in [0.3, 0.4) is 0 Å². The summed E-state index contributed by atoms with van der Waals surface area (Å²) in [4.78, 5) is 0. The zero-order chi connectivity index (χ0) is 11.3. The van der Waals surface area contributed by atoms with Crippen molar-refractivity contribution in [2.45, 2.75) is 13.0 Å². The molecule has 1 aromatic carbocycles. The maximum Gasteiger partial charge on any atom is 0.119 e. The molecule has 4 nitrogen and oxygen atoms in total. The number of benzene rings is 1. The molecule has 1 aromatic rings. The number of nitrogens with zero attached hydrogens (tertiary/aromatic N) is 1. The van der Waals surface area contributed by atoms with Gasteiger partial charge in [0, 0.05) is 13.6 Å². The van der Waals surface area contributed by atoms with E-state index < -0.39 is 6.10 Å². The molecule has 0 aliphatic rings. The number of hydrogen-bond donors (Lipinski definition) is 2. The third-order valence-electron chi connectivity index (χ3n) is 1.93. The second-order valence-corrected chi connectivity index (χ2v) is 3.72. The van der Waals surface area contributed by atoms with Crippen LogP contribution in [0.4, 0.5) is 0 Å². The van der Waals surface area contributed by atoms with Crippen LogP contribution < -0.4 is 10.6 Å². The third kappa shape index (κ3) is 4.78. The van der Waals surface area contributed by atoms with Crippen LogP contribution in [0.2, 0.25) is 0 Å². The van der Waals surface area contributed by atoms with Crippen molar-refractivity contribution in [1.29, 1.82) is 0 Å². The summed E-state index contributed by atoms with van der Waals surface area (Å²) in [5, 5.41) is 10.9. The maximum absolute atomic E-state index is 9.50. The quantitative estimate of drug-likeness (QED) is 0.550. The van der Waals surface area contributed by atoms with Crippen LogP contribution in [0.1, 0.15) is 5.56 Å². The predicted molar refractivity (Wildman–Crippen MR) is 59.5 cm³/mol. The SMILES string of the molecule is Cc1cccc(OCC(O)CN(C)N)c1. The van der Waals surface area contributed by atoms with E-state index in [0.29, 0.717) is 6.54 Å². The number of aryl methyl sites for hydroxylation is 1. The summed E-state index contributed by atoms with van der Waals surface area (Å²) in [7, 11) is 1.70. The highest BCUT2D eigenvalue weighted by molar-refractivity contribution is 5.27. The average Bonchev–Trinajstić information content (AvgIpc) is 2.14. The Morgan fingerprint density at radius 2 is 2.27 bits per heavy atom. The first-order valence-corrected chi connectivity index (χ1v) is 4.91. The van der Waals surface area contributed by atoms with Gasteiger partial charge in [0.2, 0.25) is 0 Å². The molecule has 15 heavy (non-hydrogen) atoms. The summed E-state index contributed by atoms with van der Waals surface area (Å²) < 4.78 is 5.42. The van der Waals surface area contributed by atoms with Crippen LogP contribution >= 0.6 is 0 Å². The summed E-state index contributed by atoms with van der Waals surface area (Å²) in [6.45, 7) is 2.65. The van der Waals surface area contributed by atoms with Crippen molar-refractivity contribution >= 4 is 0 Å². The Kier molecular flexibility index (Phi) is 4.55. The third-order valence-corrected chi connectivity index (χ3v) is 1.93. The van der Waals surface area contributed by atoms with Crippen molar-refractivity contribution in [3.8, 4) is 5.75 Å². The molecule has 1 unspecified atom stereocenters. The van der Waals surface area contributed by atoms with E-state index >= 15 is 0 Å². The van der Waals surface area contributed by atoms with E-state index in [9.17, 15) is 5.11 Å². The molecule has 0 heterocycles. The number of aliphatic hydroxyl groups is 1. The molecule has 4 heteroatoms. The summed E-state index contributed by atoms with van der Waals surface area (Å²) in [6.07, 6.45) is -0.569. The van der Waals surface area contributed by atoms with Gasteiger partial charge in [0.1, 0.15) is 18.5 Å². The second kappa shape index (κ2) is 5.70. The predicted octanol–water partition coefficient (Wildman–Crippen LogP) is 0.540. The lowest BCUT2D eigenvalue weighted by molar-refractivity contribution is 0.0765. The fourth-order valence-electron chi connectivity index (χ4n) is 1.28. The first-order chi connectivity index (χ1) is 7.08. The highest BCUT2D eigenvalue weighted by atomic mass is 16.5. The number of aliphatic hydroxyl groups excluding tert-OH is 1. The van der Waals surface area contributed by atoms with E-state index in [-0.39, 0.29) is 6.61 Å². The van der Waals surface area contributed by atoms with Crippen molar-refractivity contribution in [3.05, 3.63) is 29.8 Å². The molecular formula is C11H18N2O2. The smallest absolute Gasteiger partial charge is 0.119 e. The van der Waals surface area contributed by atoms with Crippen LogP contribution in [0.5, 0.6) is 5.75 Å². The molecule has 0 saturated heterocycles. The Balaban J connectivity index is 2.36. The lowest BCUT2D eigenvalue weighted by Crippen LogP contribution is -2.37. The number of rotatable bonds is 5. The molecule has 1 rings (SSSR count). The van der Waals surface area contributed by atoms with Crippen molar-refractivity contribution < 1.29 is 9.84 Å². The van der Waals surface area contributed by atoms with E-state index in [0.717, 1.165) is 11.3 Å². The van der Waals surface area contributed by atoms with Crippen molar-refractivity contribution in [2.24, 2.45) is 5.84 Å². The summed E-state index contributed by atoms with van der Waals surface area (Å²) >= 11 is 0. The van der Waals surface area contributed by atoms with Gasteiger partial charge in [0.15, 0.2) is 0 Å². The van der Waals surface area contributed by atoms with Crippen molar-refractivity contribution in [3.63, 3.8) is 0 Å². The molecular weight excluding hydrogens is 192 g/mol. The molecule has 84 valence electrons. The van der Waals surface area contributed by atoms with Gasteiger partial charge in [0.25, 0.3) is 0 Å². The van der Waals surface area contributed by atoms with Gasteiger partial charge in [-0.2, -0.15) is 0 Å². The molecule has 0 saturated carbocycles. The lowest BCUT2D eigenvalue weighted by atomic mass is 10.2. The van der Waals surface area contributed by atoms with Crippen LogP contribution in [-0.2, 0) is 0 Å². The number of ether oxygens (including phenoxy) is 1. The Bertz CT molecular complexity index is 302. The average molecular weight is 210 g/mol. The van der Waals surface area contributed by atoms with Crippen molar-refractivity contribution in [1.82, 2.24) is 5.01 Å². The van der Waals surface area contributed by atoms with Crippen LogP contribution in [-0.4, -0.2) is 36.4 Å². The monoisotopic (exact) mass is 210 g/mol. The van der Waals surface area contributed by atoms with Crippen LogP contribution in [0, 0.1) is 6.92 Å². The highest BCUT2D eigenvalue weighted by Gasteiger charge is 2.06. The van der Waals surface area contributed by atoms with Gasteiger partial charge in [-0.3, -0.25) is 5.84 Å². The van der Waals surface area contributed by atoms with Gasteiger partial charge < -0.3 is 9.84 Å². The van der Waals surface area contributed by atoms with Crippen molar-refractivity contribution in [2.75, 3.05) is 20.2 Å². The minimum absolute atomic E-state index is 0.255. The summed E-state index contributed by atoms with van der Waals surface area (Å²) in [5.74, 6) is 6.18. The molecule has 0 aliphatic heterocycles. The first-order valence-electron chi connectivity index (χ1n) is 4.91. The van der Waals surface area contributed by atoms with Gasteiger partial charge in [0.05, 0.1) is 0 Å². The normalized spacial score (nSPS) is 12.9. The van der Waals surface area contributed by atoms with E-state index in [1.165, 1.54) is 5.01 Å². The Labute approximate surface area is 90.2 Å². The van der Waals surface area contributed by atoms with E-state index in [1.807, 2.05) is 31.2 Å². The Hall–Kier alpha value is -1.10. The Morgan fingerprint density at radius 1 is 1.53 bits per heavy atom. The molecule has 0 spiro atoms. The maximum atomic E-state index is 9.50. The Morgan fingerprint density at radius 3 is 2.87 bits per heavy atom. The van der Waals surface area contributed by atoms with E-state index in [2.05, 4.69) is 0 Å². The van der Waals surface area contributed by atoms with Gasteiger partial charge in [-0.15, -0.1) is 0 Å². The molecule has 0 aromatic heterocycles. The number of hydrogen-bond acceptors (Lipinski definition) is 4. The van der Waals surface area contributed by atoms with Crippen LogP contribution in [0.25, 0.3) is 0 Å². The topological polar surface area (TPSA) is 58.7 Å². The molecule has 0 radical (unpaired) electrons. The second-order valence-electron chi connectivity index (χ2n) is 3.72. The van der Waals surface area contributed by atoms with Gasteiger partial charge in [-0.1, -0.05) is 12.1 Å². The highest BCUT2D eigenvalue weighted by Crippen LogP contribution is 2.12. The van der Waals surface area contributed by atoms with Crippen LogP contribution in [0.15, 0.2) is 24.3 Å². The summed E-state index contributed by atoms with van der Waals surface area (Å²) in [6, 6.07) is 7.72.